The van der Waals surface area contributed by atoms with E-state index in [9.17, 15) is 0 Å². The van der Waals surface area contributed by atoms with E-state index in [1.54, 1.807) is 0 Å². The van der Waals surface area contributed by atoms with Crippen LogP contribution in [0.4, 0.5) is 0 Å². The van der Waals surface area contributed by atoms with Crippen molar-refractivity contribution in [2.45, 2.75) is 12.6 Å². The molecule has 1 aliphatic rings. The fraction of sp³-hybridized carbons (Fsp3) is 0.500. The third-order valence-electron chi connectivity index (χ3n) is 3.57. The maximum atomic E-state index is 5.31. The first-order chi connectivity index (χ1) is 9.31. The number of hydrogen-bond donors (Lipinski definition) is 2. The fourth-order valence-corrected chi connectivity index (χ4v) is 2.53. The lowest BCUT2D eigenvalue weighted by Gasteiger charge is -2.31. The van der Waals surface area contributed by atoms with Crippen molar-refractivity contribution in [3.05, 3.63) is 30.2 Å². The zero-order chi connectivity index (χ0) is 13.1. The van der Waals surface area contributed by atoms with Crippen molar-refractivity contribution in [3.63, 3.8) is 0 Å². The van der Waals surface area contributed by atoms with Gasteiger partial charge in [-0.2, -0.15) is 0 Å². The molecular weight excluding hydrogens is 240 g/mol. The number of benzene rings is 1. The highest BCUT2D eigenvalue weighted by atomic mass is 16.3. The van der Waals surface area contributed by atoms with Gasteiger partial charge in [0.1, 0.15) is 5.52 Å². The monoisotopic (exact) mass is 260 g/mol. The molecule has 3 rings (SSSR count). The van der Waals surface area contributed by atoms with E-state index in [4.69, 9.17) is 4.42 Å². The third-order valence-corrected chi connectivity index (χ3v) is 3.57. The smallest absolute Gasteiger partial charge is 0.181 e. The topological polar surface area (TPSA) is 53.3 Å². The quantitative estimate of drug-likeness (QED) is 0.852. The minimum atomic E-state index is 0.535. The molecule has 0 saturated carbocycles. The first-order valence-corrected chi connectivity index (χ1v) is 6.76. The number of hydrogen-bond acceptors (Lipinski definition) is 5. The van der Waals surface area contributed by atoms with Crippen LogP contribution in [0.5, 0.6) is 0 Å². The Hall–Kier alpha value is -1.43. The molecule has 2 N–H and O–H groups in total. The molecule has 1 unspecified atom stereocenters. The van der Waals surface area contributed by atoms with Crippen molar-refractivity contribution in [1.82, 2.24) is 20.5 Å². The molecule has 1 aliphatic heterocycles. The average Bonchev–Trinajstić information content (AvgIpc) is 2.86. The highest BCUT2D eigenvalue weighted by Crippen LogP contribution is 2.13. The van der Waals surface area contributed by atoms with Crippen molar-refractivity contribution in [2.75, 3.05) is 33.2 Å². The summed E-state index contributed by atoms with van der Waals surface area (Å²) in [5.74, 6) is 0. The van der Waals surface area contributed by atoms with Gasteiger partial charge in [0.15, 0.2) is 12.0 Å². The van der Waals surface area contributed by atoms with E-state index >= 15 is 0 Å². The largest absolute Gasteiger partial charge is 0.443 e. The molecule has 0 bridgehead atoms. The van der Waals surface area contributed by atoms with Crippen LogP contribution in [-0.4, -0.2) is 49.2 Å². The molecule has 1 atom stereocenters. The Kier molecular flexibility index (Phi) is 3.77. The average molecular weight is 260 g/mol. The normalized spacial score (nSPS) is 21.0. The molecule has 1 aromatic heterocycles. The third kappa shape index (κ3) is 3.12. The minimum absolute atomic E-state index is 0.535. The fourth-order valence-electron chi connectivity index (χ4n) is 2.53. The summed E-state index contributed by atoms with van der Waals surface area (Å²) < 4.78 is 5.31. The maximum absolute atomic E-state index is 5.31. The van der Waals surface area contributed by atoms with Gasteiger partial charge < -0.3 is 20.0 Å². The Morgan fingerprint density at radius 1 is 1.53 bits per heavy atom. The van der Waals surface area contributed by atoms with E-state index in [1.165, 1.54) is 12.0 Å². The van der Waals surface area contributed by atoms with Crippen LogP contribution in [0.1, 0.15) is 5.56 Å². The molecule has 1 saturated heterocycles. The zero-order valence-electron chi connectivity index (χ0n) is 11.2. The van der Waals surface area contributed by atoms with Gasteiger partial charge >= 0.3 is 0 Å². The van der Waals surface area contributed by atoms with E-state index in [2.05, 4.69) is 39.7 Å². The van der Waals surface area contributed by atoms with Crippen LogP contribution in [0.2, 0.25) is 0 Å². The molecule has 2 heterocycles. The van der Waals surface area contributed by atoms with Crippen LogP contribution in [0.15, 0.2) is 29.0 Å². The molecule has 0 aliphatic carbocycles. The van der Waals surface area contributed by atoms with Gasteiger partial charge in [-0.15, -0.1) is 0 Å². The number of nitrogens with zero attached hydrogens (tertiary/aromatic N) is 2. The molecule has 19 heavy (non-hydrogen) atoms. The van der Waals surface area contributed by atoms with Gasteiger partial charge in [0.05, 0.1) is 0 Å². The molecule has 5 nitrogen and oxygen atoms in total. The Bertz CT molecular complexity index is 539. The predicted molar refractivity (Wildman–Crippen MR) is 75.0 cm³/mol. The van der Waals surface area contributed by atoms with Gasteiger partial charge in [-0.1, -0.05) is 6.07 Å². The number of likely N-dealkylation sites (N-methyl/N-ethyl adjacent to an activating group) is 1. The maximum Gasteiger partial charge on any atom is 0.181 e. The number of nitrogens with one attached hydrogen (secondary N) is 2. The summed E-state index contributed by atoms with van der Waals surface area (Å²) >= 11 is 0. The molecular formula is C14H20N4O. The second-order valence-electron chi connectivity index (χ2n) is 5.20. The summed E-state index contributed by atoms with van der Waals surface area (Å²) in [6.07, 6.45) is 1.49. The summed E-state index contributed by atoms with van der Waals surface area (Å²) in [4.78, 5) is 6.48. The molecule has 102 valence electrons. The molecule has 5 heteroatoms. The summed E-state index contributed by atoms with van der Waals surface area (Å²) in [6, 6.07) is 6.68. The van der Waals surface area contributed by atoms with Gasteiger partial charge in [0, 0.05) is 38.8 Å². The van der Waals surface area contributed by atoms with Crippen LogP contribution in [0.25, 0.3) is 11.1 Å². The predicted octanol–water partition coefficient (Wildman–Crippen LogP) is 0.821. The first kappa shape index (κ1) is 12.6. The highest BCUT2D eigenvalue weighted by molar-refractivity contribution is 5.72. The van der Waals surface area contributed by atoms with Crippen molar-refractivity contribution < 1.29 is 4.42 Å². The lowest BCUT2D eigenvalue weighted by Crippen LogP contribution is -2.52. The summed E-state index contributed by atoms with van der Waals surface area (Å²) in [5.41, 5.74) is 3.00. The molecule has 0 spiro atoms. The van der Waals surface area contributed by atoms with Crippen molar-refractivity contribution in [2.24, 2.45) is 0 Å². The van der Waals surface area contributed by atoms with E-state index in [0.717, 1.165) is 43.8 Å². The summed E-state index contributed by atoms with van der Waals surface area (Å²) in [7, 11) is 2.17. The van der Waals surface area contributed by atoms with Gasteiger partial charge in [-0.05, 0) is 24.7 Å². The second kappa shape index (κ2) is 5.69. The van der Waals surface area contributed by atoms with Crippen LogP contribution >= 0.6 is 0 Å². The number of piperazine rings is 1. The lowest BCUT2D eigenvalue weighted by molar-refractivity contribution is 0.235. The van der Waals surface area contributed by atoms with E-state index < -0.39 is 0 Å². The molecule has 1 fully saturated rings. The zero-order valence-corrected chi connectivity index (χ0v) is 11.2. The van der Waals surface area contributed by atoms with Gasteiger partial charge in [-0.3, -0.25) is 0 Å². The number of oxazole rings is 1. The number of aromatic nitrogens is 1. The van der Waals surface area contributed by atoms with Crippen molar-refractivity contribution >= 4 is 11.1 Å². The molecule has 1 aromatic carbocycles. The Morgan fingerprint density at radius 3 is 3.37 bits per heavy atom. The van der Waals surface area contributed by atoms with E-state index in [-0.39, 0.29) is 0 Å². The van der Waals surface area contributed by atoms with Gasteiger partial charge in [0.2, 0.25) is 0 Å². The Balaban J connectivity index is 1.51. The van der Waals surface area contributed by atoms with Gasteiger partial charge in [0.25, 0.3) is 0 Å². The Labute approximate surface area is 113 Å². The summed E-state index contributed by atoms with van der Waals surface area (Å²) in [6.45, 7) is 5.16. The van der Waals surface area contributed by atoms with Gasteiger partial charge in [-0.25, -0.2) is 4.98 Å². The standard InChI is InChI=1S/C14H20N4O/c1-18-5-4-16-12(9-18)8-15-7-11-2-3-13-14(6-11)19-10-17-13/h2-3,6,10,12,15-16H,4-5,7-9H2,1H3. The van der Waals surface area contributed by atoms with E-state index in [0.29, 0.717) is 6.04 Å². The van der Waals surface area contributed by atoms with Crippen LogP contribution in [0, 0.1) is 0 Å². The number of fused-ring (bicyclic) bond motifs is 1. The lowest BCUT2D eigenvalue weighted by atomic mass is 10.2. The van der Waals surface area contributed by atoms with E-state index in [1.807, 2.05) is 6.07 Å². The van der Waals surface area contributed by atoms with Crippen molar-refractivity contribution in [3.8, 4) is 0 Å². The van der Waals surface area contributed by atoms with Crippen molar-refractivity contribution in [1.29, 1.82) is 0 Å². The minimum Gasteiger partial charge on any atom is -0.443 e. The van der Waals surface area contributed by atoms with Crippen LogP contribution in [0.3, 0.4) is 0 Å². The van der Waals surface area contributed by atoms with Crippen LogP contribution < -0.4 is 10.6 Å². The highest BCUT2D eigenvalue weighted by Gasteiger charge is 2.15. The van der Waals surface area contributed by atoms with Crippen LogP contribution in [-0.2, 0) is 6.54 Å². The number of rotatable bonds is 4. The molecule has 0 amide bonds. The second-order valence-corrected chi connectivity index (χ2v) is 5.20. The molecule has 0 radical (unpaired) electrons. The molecule has 2 aromatic rings. The Morgan fingerprint density at radius 2 is 2.47 bits per heavy atom. The summed E-state index contributed by atoms with van der Waals surface area (Å²) in [5, 5.41) is 7.03. The SMILES string of the molecule is CN1CCNC(CNCc2ccc3ncoc3c2)C1. The first-order valence-electron chi connectivity index (χ1n) is 6.76.